The number of fused-ring (bicyclic) bond motifs is 1. The van der Waals surface area contributed by atoms with Crippen molar-refractivity contribution in [2.45, 2.75) is 26.2 Å². The molecule has 0 spiro atoms. The fraction of sp³-hybridized carbons (Fsp3) is 0.533. The highest BCUT2D eigenvalue weighted by Crippen LogP contribution is 2.40. The Hall–Kier alpha value is -1.55. The zero-order valence-corrected chi connectivity index (χ0v) is 11.6. The van der Waals surface area contributed by atoms with Crippen molar-refractivity contribution in [3.8, 4) is 0 Å². The summed E-state index contributed by atoms with van der Waals surface area (Å²) < 4.78 is 5.49. The summed E-state index contributed by atoms with van der Waals surface area (Å²) in [5.74, 6) is 0.720. The molecule has 1 fully saturated rings. The van der Waals surface area contributed by atoms with Gasteiger partial charge in [0.15, 0.2) is 11.5 Å². The van der Waals surface area contributed by atoms with E-state index in [1.165, 1.54) is 19.3 Å². The first kappa shape index (κ1) is 12.5. The smallest absolute Gasteiger partial charge is 0.192 e. The first-order chi connectivity index (χ1) is 9.21. The van der Waals surface area contributed by atoms with Crippen LogP contribution in [-0.2, 0) is 0 Å². The van der Waals surface area contributed by atoms with Crippen LogP contribution in [0, 0.1) is 12.3 Å². The minimum absolute atomic E-state index is 0.434. The van der Waals surface area contributed by atoms with E-state index >= 15 is 0 Å². The van der Waals surface area contributed by atoms with Gasteiger partial charge in [-0.1, -0.05) is 6.42 Å². The minimum Gasteiger partial charge on any atom is -0.441 e. The van der Waals surface area contributed by atoms with Crippen molar-refractivity contribution in [2.24, 2.45) is 5.41 Å². The number of oxazole rings is 1. The van der Waals surface area contributed by atoms with Crippen molar-refractivity contribution in [3.63, 3.8) is 0 Å². The lowest BCUT2D eigenvalue weighted by Crippen LogP contribution is -2.44. The van der Waals surface area contributed by atoms with Gasteiger partial charge >= 0.3 is 0 Å². The number of benzene rings is 1. The molecular formula is C15H21N3O. The SMILES string of the molecule is CNCC1(CNc2ccc3oc(C)nc3c2)CCC1. The second kappa shape index (κ2) is 4.85. The molecule has 4 heteroatoms. The van der Waals surface area contributed by atoms with Crippen molar-refractivity contribution in [2.75, 3.05) is 25.5 Å². The van der Waals surface area contributed by atoms with Crippen LogP contribution in [0.5, 0.6) is 0 Å². The summed E-state index contributed by atoms with van der Waals surface area (Å²) in [5.41, 5.74) is 3.35. The topological polar surface area (TPSA) is 50.1 Å². The van der Waals surface area contributed by atoms with E-state index in [1.54, 1.807) is 0 Å². The number of aryl methyl sites for hydroxylation is 1. The molecule has 0 amide bonds. The van der Waals surface area contributed by atoms with Gasteiger partial charge in [0.1, 0.15) is 5.52 Å². The standard InChI is InChI=1S/C15H21N3O/c1-11-18-13-8-12(4-5-14(13)19-11)17-10-15(9-16-2)6-3-7-15/h4-5,8,16-17H,3,6-7,9-10H2,1-2H3. The van der Waals surface area contributed by atoms with E-state index in [9.17, 15) is 0 Å². The quantitative estimate of drug-likeness (QED) is 0.866. The summed E-state index contributed by atoms with van der Waals surface area (Å²) in [6.45, 7) is 3.99. The average Bonchev–Trinajstić information content (AvgIpc) is 2.71. The molecule has 4 nitrogen and oxygen atoms in total. The summed E-state index contributed by atoms with van der Waals surface area (Å²) in [5, 5.41) is 6.86. The summed E-state index contributed by atoms with van der Waals surface area (Å²) in [4.78, 5) is 4.37. The first-order valence-electron chi connectivity index (χ1n) is 6.96. The lowest BCUT2D eigenvalue weighted by molar-refractivity contribution is 0.151. The zero-order valence-electron chi connectivity index (χ0n) is 11.6. The third-order valence-corrected chi connectivity index (χ3v) is 4.13. The molecule has 2 N–H and O–H groups in total. The number of nitrogens with one attached hydrogen (secondary N) is 2. The van der Waals surface area contributed by atoms with E-state index in [4.69, 9.17) is 4.42 Å². The summed E-state index contributed by atoms with van der Waals surface area (Å²) in [6, 6.07) is 6.12. The average molecular weight is 259 g/mol. The molecule has 2 aromatic rings. The molecule has 1 aliphatic carbocycles. The van der Waals surface area contributed by atoms with Crippen molar-refractivity contribution in [1.82, 2.24) is 10.3 Å². The van der Waals surface area contributed by atoms with Gasteiger partial charge in [0.2, 0.25) is 0 Å². The molecule has 1 heterocycles. The van der Waals surface area contributed by atoms with E-state index in [1.807, 2.05) is 20.0 Å². The van der Waals surface area contributed by atoms with Gasteiger partial charge in [-0.05, 0) is 38.1 Å². The van der Waals surface area contributed by atoms with Gasteiger partial charge in [0.25, 0.3) is 0 Å². The Morgan fingerprint density at radius 2 is 2.16 bits per heavy atom. The molecular weight excluding hydrogens is 238 g/mol. The van der Waals surface area contributed by atoms with Crippen LogP contribution in [0.2, 0.25) is 0 Å². The van der Waals surface area contributed by atoms with Gasteiger partial charge in [-0.3, -0.25) is 0 Å². The number of anilines is 1. The molecule has 0 unspecified atom stereocenters. The van der Waals surface area contributed by atoms with E-state index in [-0.39, 0.29) is 0 Å². The fourth-order valence-electron chi connectivity index (χ4n) is 2.91. The minimum atomic E-state index is 0.434. The second-order valence-corrected chi connectivity index (χ2v) is 5.65. The first-order valence-corrected chi connectivity index (χ1v) is 6.96. The van der Waals surface area contributed by atoms with Crippen LogP contribution in [-0.4, -0.2) is 25.1 Å². The molecule has 0 saturated heterocycles. The highest BCUT2D eigenvalue weighted by Gasteiger charge is 2.35. The number of hydrogen-bond acceptors (Lipinski definition) is 4. The van der Waals surface area contributed by atoms with E-state index in [2.05, 4.69) is 27.8 Å². The molecule has 1 aromatic heterocycles. The summed E-state index contributed by atoms with van der Waals surface area (Å²) in [6.07, 6.45) is 3.98. The fourth-order valence-corrected chi connectivity index (χ4v) is 2.91. The van der Waals surface area contributed by atoms with E-state index < -0.39 is 0 Å². The van der Waals surface area contributed by atoms with Crippen molar-refractivity contribution in [1.29, 1.82) is 0 Å². The Labute approximate surface area is 113 Å². The van der Waals surface area contributed by atoms with Crippen LogP contribution in [0.1, 0.15) is 25.2 Å². The molecule has 0 radical (unpaired) electrons. The largest absolute Gasteiger partial charge is 0.441 e. The van der Waals surface area contributed by atoms with Crippen molar-refractivity contribution < 1.29 is 4.42 Å². The molecule has 3 rings (SSSR count). The van der Waals surface area contributed by atoms with Gasteiger partial charge in [0, 0.05) is 31.1 Å². The van der Waals surface area contributed by atoms with Crippen LogP contribution in [0.4, 0.5) is 5.69 Å². The van der Waals surface area contributed by atoms with E-state index in [0.29, 0.717) is 5.41 Å². The third kappa shape index (κ3) is 2.45. The van der Waals surface area contributed by atoms with Gasteiger partial charge in [-0.25, -0.2) is 4.98 Å². The molecule has 1 aromatic carbocycles. The molecule has 102 valence electrons. The number of hydrogen-bond donors (Lipinski definition) is 2. The summed E-state index contributed by atoms with van der Waals surface area (Å²) >= 11 is 0. The van der Waals surface area contributed by atoms with Crippen LogP contribution in [0.3, 0.4) is 0 Å². The maximum Gasteiger partial charge on any atom is 0.192 e. The predicted molar refractivity (Wildman–Crippen MR) is 77.4 cm³/mol. The number of rotatable bonds is 5. The van der Waals surface area contributed by atoms with Crippen LogP contribution < -0.4 is 10.6 Å². The monoisotopic (exact) mass is 259 g/mol. The highest BCUT2D eigenvalue weighted by atomic mass is 16.3. The Morgan fingerprint density at radius 1 is 1.32 bits per heavy atom. The predicted octanol–water partition coefficient (Wildman–Crippen LogP) is 2.94. The maximum atomic E-state index is 5.49. The zero-order chi connectivity index (χ0) is 13.3. The lowest BCUT2D eigenvalue weighted by atomic mass is 9.68. The molecule has 1 saturated carbocycles. The van der Waals surface area contributed by atoms with Gasteiger partial charge < -0.3 is 15.1 Å². The Bertz CT molecular complexity index is 572. The van der Waals surface area contributed by atoms with E-state index in [0.717, 1.165) is 35.8 Å². The van der Waals surface area contributed by atoms with Crippen molar-refractivity contribution in [3.05, 3.63) is 24.1 Å². The molecule has 19 heavy (non-hydrogen) atoms. The summed E-state index contributed by atoms with van der Waals surface area (Å²) in [7, 11) is 2.03. The Kier molecular flexibility index (Phi) is 3.19. The molecule has 0 atom stereocenters. The second-order valence-electron chi connectivity index (χ2n) is 5.65. The van der Waals surface area contributed by atoms with Crippen LogP contribution >= 0.6 is 0 Å². The number of aromatic nitrogens is 1. The van der Waals surface area contributed by atoms with Gasteiger partial charge in [0.05, 0.1) is 0 Å². The Balaban J connectivity index is 1.70. The molecule has 1 aliphatic rings. The van der Waals surface area contributed by atoms with Crippen LogP contribution in [0.15, 0.2) is 22.6 Å². The lowest BCUT2D eigenvalue weighted by Gasteiger charge is -2.42. The molecule has 0 bridgehead atoms. The maximum absolute atomic E-state index is 5.49. The van der Waals surface area contributed by atoms with Crippen LogP contribution in [0.25, 0.3) is 11.1 Å². The van der Waals surface area contributed by atoms with Gasteiger partial charge in [-0.2, -0.15) is 0 Å². The Morgan fingerprint density at radius 3 is 2.84 bits per heavy atom. The number of nitrogens with zero attached hydrogens (tertiary/aromatic N) is 1. The highest BCUT2D eigenvalue weighted by molar-refractivity contribution is 5.77. The normalized spacial score (nSPS) is 17.4. The molecule has 0 aliphatic heterocycles. The van der Waals surface area contributed by atoms with Gasteiger partial charge in [-0.15, -0.1) is 0 Å². The van der Waals surface area contributed by atoms with Crippen molar-refractivity contribution >= 4 is 16.8 Å². The third-order valence-electron chi connectivity index (χ3n) is 4.13.